The molecule has 0 aliphatic heterocycles. The van der Waals surface area contributed by atoms with Gasteiger partial charge in [-0.1, -0.05) is 46.5 Å². The van der Waals surface area contributed by atoms with Crippen molar-refractivity contribution in [1.29, 1.82) is 0 Å². The van der Waals surface area contributed by atoms with Gasteiger partial charge in [0.2, 0.25) is 6.41 Å². The van der Waals surface area contributed by atoms with Crippen molar-refractivity contribution in [2.24, 2.45) is 34.6 Å². The van der Waals surface area contributed by atoms with Gasteiger partial charge in [0.1, 0.15) is 0 Å². The van der Waals surface area contributed by atoms with Crippen LogP contribution in [-0.4, -0.2) is 44.4 Å². The van der Waals surface area contributed by atoms with Crippen LogP contribution in [0.5, 0.6) is 0 Å². The number of allylic oxidation sites excluding steroid dienone is 2. The molecule has 32 heavy (non-hydrogen) atoms. The van der Waals surface area contributed by atoms with Crippen molar-refractivity contribution in [1.82, 2.24) is 5.32 Å². The Balaban J connectivity index is 1.85. The highest BCUT2D eigenvalue weighted by atomic mass is 16.6. The Morgan fingerprint density at radius 1 is 1.25 bits per heavy atom. The number of amides is 1. The fraction of sp³-hybridized carbons (Fsp3) is 0.808. The molecule has 0 bridgehead atoms. The molecule has 0 aromatic carbocycles. The smallest absolute Gasteiger partial charge is 0.344 e. The second-order valence-electron chi connectivity index (χ2n) is 9.58. The van der Waals surface area contributed by atoms with Gasteiger partial charge >= 0.3 is 5.97 Å². The van der Waals surface area contributed by atoms with Crippen molar-refractivity contribution >= 4 is 18.1 Å². The van der Waals surface area contributed by atoms with Crippen molar-refractivity contribution in [3.63, 3.8) is 0 Å². The minimum absolute atomic E-state index is 0.0124. The number of rotatable bonds is 13. The Bertz CT molecular complexity index is 654. The third-order valence-electron chi connectivity index (χ3n) is 7.62. The van der Waals surface area contributed by atoms with Crippen LogP contribution in [0.4, 0.5) is 0 Å². The van der Waals surface area contributed by atoms with E-state index in [1.54, 1.807) is 6.92 Å². The first-order valence-corrected chi connectivity index (χ1v) is 12.6. The normalized spacial score (nSPS) is 27.5. The van der Waals surface area contributed by atoms with Gasteiger partial charge in [-0.2, -0.15) is 0 Å². The van der Waals surface area contributed by atoms with E-state index in [9.17, 15) is 9.59 Å². The predicted octanol–water partition coefficient (Wildman–Crippen LogP) is 4.92. The van der Waals surface area contributed by atoms with Crippen molar-refractivity contribution in [2.75, 3.05) is 20.3 Å². The zero-order chi connectivity index (χ0) is 23.5. The summed E-state index contributed by atoms with van der Waals surface area (Å²) < 4.78 is 10.8. The van der Waals surface area contributed by atoms with Gasteiger partial charge in [-0.25, -0.2) is 4.79 Å². The first-order chi connectivity index (χ1) is 15.4. The molecular weight excluding hydrogens is 404 g/mol. The molecule has 5 atom stereocenters. The molecule has 2 rings (SSSR count). The van der Waals surface area contributed by atoms with E-state index in [4.69, 9.17) is 9.47 Å². The zero-order valence-electron chi connectivity index (χ0n) is 20.8. The van der Waals surface area contributed by atoms with E-state index in [2.05, 4.69) is 37.2 Å². The molecular formula is C26H44N2O4. The van der Waals surface area contributed by atoms with E-state index in [0.717, 1.165) is 37.9 Å². The number of aliphatic imine (C=N–C) groups is 1. The molecule has 1 saturated carbocycles. The van der Waals surface area contributed by atoms with Crippen LogP contribution in [0.2, 0.25) is 0 Å². The predicted molar refractivity (Wildman–Crippen MR) is 128 cm³/mol. The largest absolute Gasteiger partial charge is 0.486 e. The number of ether oxygens (including phenoxy) is 2. The standard InChI is InChI=1S/C26H44N2O4/c1-6-31-25(30)16-32-24-15-18(2)22(19(3)20(24)4)13-9-10-14-23(28-17-29)26(27-5)21-11-7-8-12-21/h15,17-23H,6-14,16H2,1-5H3,(H,28,29). The van der Waals surface area contributed by atoms with Crippen LogP contribution in [0, 0.1) is 29.6 Å². The molecule has 1 fully saturated rings. The van der Waals surface area contributed by atoms with Crippen LogP contribution in [0.15, 0.2) is 16.8 Å². The van der Waals surface area contributed by atoms with Gasteiger partial charge in [-0.3, -0.25) is 9.79 Å². The lowest BCUT2D eigenvalue weighted by molar-refractivity contribution is -0.147. The fourth-order valence-corrected chi connectivity index (χ4v) is 5.67. The SMILES string of the molecule is CCOC(=O)COC1=CC(C)C(CCCCC(NC=O)C(=NC)C2CCCC2)C(C)C1C. The average molecular weight is 449 g/mol. The molecule has 2 aliphatic rings. The minimum atomic E-state index is -0.311. The Hall–Kier alpha value is -1.85. The van der Waals surface area contributed by atoms with Crippen molar-refractivity contribution in [2.45, 2.75) is 85.1 Å². The quantitative estimate of drug-likeness (QED) is 0.188. The van der Waals surface area contributed by atoms with Gasteiger partial charge in [0, 0.05) is 18.7 Å². The van der Waals surface area contributed by atoms with Gasteiger partial charge in [-0.15, -0.1) is 0 Å². The number of unbranched alkanes of at least 4 members (excludes halogenated alkanes) is 1. The van der Waals surface area contributed by atoms with E-state index in [1.807, 2.05) is 7.05 Å². The molecule has 1 amide bonds. The van der Waals surface area contributed by atoms with E-state index in [0.29, 0.717) is 30.3 Å². The maximum absolute atomic E-state index is 11.6. The maximum atomic E-state index is 11.6. The number of hydrogen-bond donors (Lipinski definition) is 1. The van der Waals surface area contributed by atoms with Crippen molar-refractivity contribution < 1.29 is 19.1 Å². The number of nitrogens with one attached hydrogen (secondary N) is 1. The fourth-order valence-electron chi connectivity index (χ4n) is 5.67. The highest BCUT2D eigenvalue weighted by molar-refractivity contribution is 5.93. The molecule has 0 heterocycles. The van der Waals surface area contributed by atoms with Crippen molar-refractivity contribution in [3.05, 3.63) is 11.8 Å². The summed E-state index contributed by atoms with van der Waals surface area (Å²) in [7, 11) is 1.87. The van der Waals surface area contributed by atoms with Crippen LogP contribution in [0.1, 0.15) is 79.1 Å². The van der Waals surface area contributed by atoms with Crippen LogP contribution in [-0.2, 0) is 19.1 Å². The Labute approximate surface area is 194 Å². The Kier molecular flexibility index (Phi) is 11.3. The molecule has 0 aromatic rings. The summed E-state index contributed by atoms with van der Waals surface area (Å²) in [6.45, 7) is 8.90. The highest BCUT2D eigenvalue weighted by Gasteiger charge is 2.34. The second-order valence-corrected chi connectivity index (χ2v) is 9.58. The number of esters is 1. The molecule has 6 heteroatoms. The van der Waals surface area contributed by atoms with Crippen LogP contribution >= 0.6 is 0 Å². The first kappa shape index (κ1) is 26.4. The van der Waals surface area contributed by atoms with Crippen LogP contribution in [0.25, 0.3) is 0 Å². The topological polar surface area (TPSA) is 77.0 Å². The zero-order valence-corrected chi connectivity index (χ0v) is 20.8. The third kappa shape index (κ3) is 7.35. The minimum Gasteiger partial charge on any atom is -0.486 e. The van der Waals surface area contributed by atoms with Crippen molar-refractivity contribution in [3.8, 4) is 0 Å². The molecule has 1 N–H and O–H groups in total. The number of carbonyl (C=O) groups excluding carboxylic acids is 2. The number of carbonyl (C=O) groups is 2. The number of nitrogens with zero attached hydrogens (tertiary/aromatic N) is 1. The van der Waals surface area contributed by atoms with Crippen LogP contribution in [0.3, 0.4) is 0 Å². The van der Waals surface area contributed by atoms with E-state index < -0.39 is 0 Å². The lowest BCUT2D eigenvalue weighted by Crippen LogP contribution is -2.39. The van der Waals surface area contributed by atoms with E-state index in [1.165, 1.54) is 31.4 Å². The molecule has 182 valence electrons. The maximum Gasteiger partial charge on any atom is 0.344 e. The molecule has 2 aliphatic carbocycles. The number of hydrogen-bond acceptors (Lipinski definition) is 5. The average Bonchev–Trinajstić information content (AvgIpc) is 3.30. The van der Waals surface area contributed by atoms with Gasteiger partial charge in [0.15, 0.2) is 6.61 Å². The Morgan fingerprint density at radius 3 is 2.59 bits per heavy atom. The molecule has 0 spiro atoms. The van der Waals surface area contributed by atoms with E-state index in [-0.39, 0.29) is 24.5 Å². The molecule has 0 aromatic heterocycles. The third-order valence-corrected chi connectivity index (χ3v) is 7.62. The summed E-state index contributed by atoms with van der Waals surface area (Å²) >= 11 is 0. The molecule has 6 nitrogen and oxygen atoms in total. The van der Waals surface area contributed by atoms with Gasteiger partial charge in [0.05, 0.1) is 18.4 Å². The summed E-state index contributed by atoms with van der Waals surface area (Å²) in [5.41, 5.74) is 1.19. The summed E-state index contributed by atoms with van der Waals surface area (Å²) in [5, 5.41) is 3.04. The van der Waals surface area contributed by atoms with Gasteiger partial charge in [-0.05, 0) is 62.4 Å². The van der Waals surface area contributed by atoms with E-state index >= 15 is 0 Å². The summed E-state index contributed by atoms with van der Waals surface area (Å²) in [4.78, 5) is 27.4. The summed E-state index contributed by atoms with van der Waals surface area (Å²) in [5.74, 6) is 2.92. The van der Waals surface area contributed by atoms with Gasteiger partial charge in [0.25, 0.3) is 0 Å². The highest BCUT2D eigenvalue weighted by Crippen LogP contribution is 2.41. The Morgan fingerprint density at radius 2 is 1.97 bits per heavy atom. The summed E-state index contributed by atoms with van der Waals surface area (Å²) in [6.07, 6.45) is 12.3. The first-order valence-electron chi connectivity index (χ1n) is 12.6. The molecule has 0 radical (unpaired) electrons. The monoisotopic (exact) mass is 448 g/mol. The molecule has 5 unspecified atom stereocenters. The second kappa shape index (κ2) is 13.6. The lowest BCUT2D eigenvalue weighted by atomic mass is 9.69. The summed E-state index contributed by atoms with van der Waals surface area (Å²) in [6, 6.07) is 0.0727. The van der Waals surface area contributed by atoms with Crippen LogP contribution < -0.4 is 5.32 Å². The molecule has 0 saturated heterocycles. The lowest BCUT2D eigenvalue weighted by Gasteiger charge is -2.38. The van der Waals surface area contributed by atoms with Gasteiger partial charge < -0.3 is 14.8 Å².